The van der Waals surface area contributed by atoms with Gasteiger partial charge in [0.25, 0.3) is 5.91 Å². The average Bonchev–Trinajstić information content (AvgIpc) is 3.22. The fourth-order valence-electron chi connectivity index (χ4n) is 3.36. The molecule has 1 amide bonds. The van der Waals surface area contributed by atoms with Crippen molar-refractivity contribution in [1.82, 2.24) is 10.2 Å². The molecule has 1 unspecified atom stereocenters. The molecule has 4 rings (SSSR count). The summed E-state index contributed by atoms with van der Waals surface area (Å²) in [6.07, 6.45) is 1.91. The molecule has 3 heterocycles. The van der Waals surface area contributed by atoms with Crippen LogP contribution in [0.2, 0.25) is 0 Å². The number of ether oxygens (including phenoxy) is 2. The fourth-order valence-corrected chi connectivity index (χ4v) is 4.60. The highest BCUT2D eigenvalue weighted by Gasteiger charge is 2.25. The molecule has 1 saturated heterocycles. The number of morpholine rings is 1. The summed E-state index contributed by atoms with van der Waals surface area (Å²) in [5, 5.41) is 5.19. The maximum Gasteiger partial charge on any atom is 0.250 e. The molecule has 27 heavy (non-hydrogen) atoms. The normalized spacial score (nSPS) is 18.2. The van der Waals surface area contributed by atoms with Crippen molar-refractivity contribution in [2.75, 3.05) is 39.5 Å². The van der Waals surface area contributed by atoms with Crippen molar-refractivity contribution in [2.45, 2.75) is 6.04 Å². The number of rotatable bonds is 5. The Morgan fingerprint density at radius 1 is 1.30 bits per heavy atom. The van der Waals surface area contributed by atoms with Gasteiger partial charge in [-0.1, -0.05) is 22.0 Å². The van der Waals surface area contributed by atoms with E-state index in [-0.39, 0.29) is 11.9 Å². The molecule has 1 aromatic carbocycles. The van der Waals surface area contributed by atoms with Gasteiger partial charge in [-0.25, -0.2) is 0 Å². The van der Waals surface area contributed by atoms with E-state index in [2.05, 4.69) is 43.7 Å². The zero-order valence-corrected chi connectivity index (χ0v) is 17.2. The van der Waals surface area contributed by atoms with Gasteiger partial charge in [0.15, 0.2) is 0 Å². The highest BCUT2D eigenvalue weighted by molar-refractivity contribution is 9.10. The van der Waals surface area contributed by atoms with Crippen LogP contribution in [0, 0.1) is 0 Å². The summed E-state index contributed by atoms with van der Waals surface area (Å²) in [4.78, 5) is 16.4. The molecule has 0 bridgehead atoms. The van der Waals surface area contributed by atoms with Crippen molar-refractivity contribution in [3.63, 3.8) is 0 Å². The molecule has 1 aromatic heterocycles. The Bertz CT molecular complexity index is 832. The van der Waals surface area contributed by atoms with Crippen molar-refractivity contribution in [1.29, 1.82) is 0 Å². The number of thiophene rings is 1. The van der Waals surface area contributed by atoms with E-state index in [0.29, 0.717) is 18.7 Å². The van der Waals surface area contributed by atoms with Crippen LogP contribution >= 0.6 is 27.3 Å². The topological polar surface area (TPSA) is 50.8 Å². The number of benzene rings is 1. The largest absolute Gasteiger partial charge is 0.488 e. The summed E-state index contributed by atoms with van der Waals surface area (Å²) in [5.74, 6) is 0.731. The zero-order chi connectivity index (χ0) is 18.6. The minimum absolute atomic E-state index is 0.0737. The van der Waals surface area contributed by atoms with E-state index >= 15 is 0 Å². The summed E-state index contributed by atoms with van der Waals surface area (Å²) in [6.45, 7) is 4.10. The van der Waals surface area contributed by atoms with Gasteiger partial charge in [0.2, 0.25) is 0 Å². The molecule has 0 aliphatic carbocycles. The fraction of sp³-hybridized carbons (Fsp3) is 0.350. The van der Waals surface area contributed by atoms with Crippen molar-refractivity contribution >= 4 is 39.2 Å². The van der Waals surface area contributed by atoms with Crippen LogP contribution in [0.15, 0.2) is 45.8 Å². The lowest BCUT2D eigenvalue weighted by molar-refractivity contribution is -0.118. The van der Waals surface area contributed by atoms with Gasteiger partial charge >= 0.3 is 0 Å². The van der Waals surface area contributed by atoms with E-state index in [1.54, 1.807) is 11.3 Å². The zero-order valence-electron chi connectivity index (χ0n) is 14.8. The van der Waals surface area contributed by atoms with Crippen LogP contribution in [0.4, 0.5) is 0 Å². The maximum absolute atomic E-state index is 12.7. The van der Waals surface area contributed by atoms with Crippen LogP contribution in [0.1, 0.15) is 16.5 Å². The molecule has 2 aromatic rings. The predicted molar refractivity (Wildman–Crippen MR) is 110 cm³/mol. The predicted octanol–water partition coefficient (Wildman–Crippen LogP) is 3.48. The standard InChI is InChI=1S/C20H21BrN2O3S/c21-16-3-4-18-14(11-16)10-15(13-26-18)20(24)22-12-17(19-2-1-9-27-19)23-5-7-25-8-6-23/h1-4,9-11,17H,5-8,12-13H2,(H,22,24). The minimum atomic E-state index is -0.0737. The van der Waals surface area contributed by atoms with Gasteiger partial charge in [-0.05, 0) is 35.7 Å². The molecule has 0 spiro atoms. The summed E-state index contributed by atoms with van der Waals surface area (Å²) in [5.41, 5.74) is 1.57. The number of nitrogens with one attached hydrogen (secondary N) is 1. The lowest BCUT2D eigenvalue weighted by Gasteiger charge is -2.34. The van der Waals surface area contributed by atoms with Crippen molar-refractivity contribution in [3.8, 4) is 5.75 Å². The van der Waals surface area contributed by atoms with Crippen LogP contribution in [-0.4, -0.2) is 50.3 Å². The third-order valence-corrected chi connectivity index (χ3v) is 6.26. The van der Waals surface area contributed by atoms with Crippen molar-refractivity contribution in [2.24, 2.45) is 0 Å². The Kier molecular flexibility index (Phi) is 5.92. The molecule has 2 aliphatic heterocycles. The molecular formula is C20H21BrN2O3S. The van der Waals surface area contributed by atoms with Gasteiger partial charge in [0.1, 0.15) is 12.4 Å². The third-order valence-electron chi connectivity index (χ3n) is 4.79. The first-order chi connectivity index (χ1) is 13.2. The van der Waals surface area contributed by atoms with Gasteiger partial charge in [0.05, 0.1) is 24.8 Å². The second kappa shape index (κ2) is 8.56. The summed E-state index contributed by atoms with van der Waals surface area (Å²) in [7, 11) is 0. The van der Waals surface area contributed by atoms with Gasteiger partial charge < -0.3 is 14.8 Å². The number of fused-ring (bicyclic) bond motifs is 1. The highest BCUT2D eigenvalue weighted by Crippen LogP contribution is 2.29. The molecule has 0 saturated carbocycles. The second-order valence-electron chi connectivity index (χ2n) is 6.53. The Balaban J connectivity index is 1.45. The van der Waals surface area contributed by atoms with Gasteiger partial charge in [-0.3, -0.25) is 9.69 Å². The molecule has 1 atom stereocenters. The molecule has 5 nitrogen and oxygen atoms in total. The summed E-state index contributed by atoms with van der Waals surface area (Å²) in [6, 6.07) is 10.2. The first-order valence-electron chi connectivity index (χ1n) is 8.97. The average molecular weight is 449 g/mol. The lowest BCUT2D eigenvalue weighted by Crippen LogP contribution is -2.44. The highest BCUT2D eigenvalue weighted by atomic mass is 79.9. The van der Waals surface area contributed by atoms with Crippen LogP contribution in [0.25, 0.3) is 6.08 Å². The van der Waals surface area contributed by atoms with E-state index in [1.165, 1.54) is 4.88 Å². The minimum Gasteiger partial charge on any atom is -0.488 e. The number of nitrogens with zero attached hydrogens (tertiary/aromatic N) is 1. The van der Waals surface area contributed by atoms with Gasteiger partial charge in [-0.15, -0.1) is 11.3 Å². The van der Waals surface area contributed by atoms with E-state index in [1.807, 2.05) is 24.3 Å². The van der Waals surface area contributed by atoms with Crippen LogP contribution in [-0.2, 0) is 9.53 Å². The molecule has 1 N–H and O–H groups in total. The SMILES string of the molecule is O=C(NCC(c1cccs1)N1CCOCC1)C1=Cc2cc(Br)ccc2OC1. The number of carbonyl (C=O) groups excluding carboxylic acids is 1. The Morgan fingerprint density at radius 2 is 2.15 bits per heavy atom. The van der Waals surface area contributed by atoms with E-state index in [4.69, 9.17) is 9.47 Å². The number of halogens is 1. The third kappa shape index (κ3) is 4.43. The van der Waals surface area contributed by atoms with Gasteiger partial charge in [-0.2, -0.15) is 0 Å². The number of carbonyl (C=O) groups is 1. The molecule has 1 fully saturated rings. The summed E-state index contributed by atoms with van der Waals surface area (Å²) < 4.78 is 12.2. The Hall–Kier alpha value is -1.67. The van der Waals surface area contributed by atoms with Crippen LogP contribution in [0.3, 0.4) is 0 Å². The molecule has 2 aliphatic rings. The quantitative estimate of drug-likeness (QED) is 0.760. The molecule has 7 heteroatoms. The van der Waals surface area contributed by atoms with Crippen LogP contribution < -0.4 is 10.1 Å². The monoisotopic (exact) mass is 448 g/mol. The van der Waals surface area contributed by atoms with Crippen molar-refractivity contribution in [3.05, 3.63) is 56.2 Å². The maximum atomic E-state index is 12.7. The lowest BCUT2D eigenvalue weighted by atomic mass is 10.1. The number of amides is 1. The van der Waals surface area contributed by atoms with E-state index in [0.717, 1.165) is 42.1 Å². The van der Waals surface area contributed by atoms with E-state index < -0.39 is 0 Å². The second-order valence-corrected chi connectivity index (χ2v) is 8.42. The number of hydrogen-bond donors (Lipinski definition) is 1. The molecule has 142 valence electrons. The first kappa shape index (κ1) is 18.7. The Morgan fingerprint density at radius 3 is 2.93 bits per heavy atom. The molecular weight excluding hydrogens is 428 g/mol. The smallest absolute Gasteiger partial charge is 0.250 e. The molecule has 0 radical (unpaired) electrons. The first-order valence-corrected chi connectivity index (χ1v) is 10.6. The Labute approximate surface area is 171 Å². The number of hydrogen-bond acceptors (Lipinski definition) is 5. The van der Waals surface area contributed by atoms with E-state index in [9.17, 15) is 4.79 Å². The van der Waals surface area contributed by atoms with Crippen molar-refractivity contribution < 1.29 is 14.3 Å². The van der Waals surface area contributed by atoms with Gasteiger partial charge in [0, 0.05) is 34.5 Å². The van der Waals surface area contributed by atoms with Crippen LogP contribution in [0.5, 0.6) is 5.75 Å². The summed E-state index contributed by atoms with van der Waals surface area (Å²) >= 11 is 5.19.